The van der Waals surface area contributed by atoms with Crippen molar-refractivity contribution in [2.45, 2.75) is 50.9 Å². The maximum Gasteiger partial charge on any atom is 0.258 e. The minimum Gasteiger partial charge on any atom is -0.492 e. The molecule has 0 unspecified atom stereocenters. The van der Waals surface area contributed by atoms with E-state index < -0.39 is 29.6 Å². The predicted octanol–water partition coefficient (Wildman–Crippen LogP) is 3.04. The molecule has 0 radical (unpaired) electrons. The Morgan fingerprint density at radius 1 is 1.24 bits per heavy atom. The number of β-amino-alcohol motifs (C(OH)–C–C–N with tert-alkyl or cyclic N) is 1. The molecule has 8 nitrogen and oxygen atoms in total. The summed E-state index contributed by atoms with van der Waals surface area (Å²) in [6.07, 6.45) is 1.46. The van der Waals surface area contributed by atoms with Crippen molar-refractivity contribution in [2.75, 3.05) is 32.8 Å². The summed E-state index contributed by atoms with van der Waals surface area (Å²) in [6.45, 7) is 6.05. The molecule has 2 aliphatic rings. The lowest BCUT2D eigenvalue weighted by molar-refractivity contribution is -0.121. The first-order chi connectivity index (χ1) is 18.1. The van der Waals surface area contributed by atoms with Gasteiger partial charge in [0.1, 0.15) is 17.5 Å². The lowest BCUT2D eigenvalue weighted by Crippen LogP contribution is -2.43. The lowest BCUT2D eigenvalue weighted by Gasteiger charge is -2.34. The maximum absolute atomic E-state index is 13.9. The zero-order chi connectivity index (χ0) is 27.3. The molecule has 2 aliphatic heterocycles. The average molecular weight is 523 g/mol. The molecule has 2 aromatic rings. The van der Waals surface area contributed by atoms with Crippen molar-refractivity contribution in [3.8, 4) is 22.9 Å². The molecule has 0 saturated carbocycles. The Bertz CT molecular complexity index is 1200. The van der Waals surface area contributed by atoms with Crippen LogP contribution in [-0.2, 0) is 4.79 Å². The van der Waals surface area contributed by atoms with Crippen molar-refractivity contribution in [2.24, 2.45) is 5.92 Å². The highest BCUT2D eigenvalue weighted by molar-refractivity contribution is 6.09. The van der Waals surface area contributed by atoms with Crippen molar-refractivity contribution < 1.29 is 23.8 Å². The van der Waals surface area contributed by atoms with Crippen LogP contribution in [0.3, 0.4) is 0 Å². The van der Waals surface area contributed by atoms with E-state index in [9.17, 15) is 24.3 Å². The number of rotatable bonds is 8. The predicted molar refractivity (Wildman–Crippen MR) is 141 cm³/mol. The molecule has 0 aliphatic carbocycles. The number of piperidine rings is 1. The second-order valence-electron chi connectivity index (χ2n) is 10.8. The number of imide groups is 1. The molecular weight excluding hydrogens is 487 g/mol. The van der Waals surface area contributed by atoms with Crippen LogP contribution < -0.4 is 15.4 Å². The smallest absolute Gasteiger partial charge is 0.258 e. The average Bonchev–Trinajstić information content (AvgIpc) is 3.33. The number of benzene rings is 2. The zero-order valence-electron chi connectivity index (χ0n) is 21.9. The molecule has 2 heterocycles. The number of nitriles is 1. The molecular formula is C29H35FN4O4. The standard InChI is InChI=1S/C29H35FN4O4/c1-29(2,30)18-34-11-9-19(10-12-34)17-38-26-8-7-20(13-21(26)15-31)23-5-3-4-6-24(23)27(36)33-28(37)25-14-22(35)16-32-25/h3-8,13,19,22,25,32,35H,9-12,14,16-18H2,1-2H3,(H,33,36,37)/t22-,25+/m1/s1. The zero-order valence-corrected chi connectivity index (χ0v) is 21.9. The molecule has 2 amide bonds. The topological polar surface area (TPSA) is 115 Å². The Morgan fingerprint density at radius 3 is 2.63 bits per heavy atom. The largest absolute Gasteiger partial charge is 0.492 e. The molecule has 0 bridgehead atoms. The number of ether oxygens (including phenoxy) is 1. The number of aliphatic hydroxyl groups is 1. The summed E-state index contributed by atoms with van der Waals surface area (Å²) in [5.41, 5.74) is 0.694. The summed E-state index contributed by atoms with van der Waals surface area (Å²) in [6, 6.07) is 13.7. The number of halogens is 1. The number of carbonyl (C=O) groups excluding carboxylic acids is 2. The molecule has 2 aromatic carbocycles. The SMILES string of the molecule is CC(C)(F)CN1CCC(COc2ccc(-c3ccccc3C(=O)NC(=O)[C@@H]3C[C@@H](O)CN3)cc2C#N)CC1. The van der Waals surface area contributed by atoms with Gasteiger partial charge in [0.15, 0.2) is 0 Å². The third kappa shape index (κ3) is 7.16. The quantitative estimate of drug-likeness (QED) is 0.457. The van der Waals surface area contributed by atoms with Gasteiger partial charge in [0.05, 0.1) is 24.3 Å². The Hall–Kier alpha value is -3.32. The van der Waals surface area contributed by atoms with E-state index in [-0.39, 0.29) is 6.42 Å². The fourth-order valence-corrected chi connectivity index (χ4v) is 5.08. The number of hydrogen-bond donors (Lipinski definition) is 3. The van der Waals surface area contributed by atoms with Gasteiger partial charge < -0.3 is 20.1 Å². The normalized spacial score (nSPS) is 20.6. The van der Waals surface area contributed by atoms with Gasteiger partial charge in [-0.05, 0) is 81.4 Å². The first-order valence-electron chi connectivity index (χ1n) is 13.1. The van der Waals surface area contributed by atoms with Gasteiger partial charge in [-0.25, -0.2) is 4.39 Å². The maximum atomic E-state index is 13.9. The van der Waals surface area contributed by atoms with Crippen molar-refractivity contribution in [1.82, 2.24) is 15.5 Å². The molecule has 3 N–H and O–H groups in total. The van der Waals surface area contributed by atoms with E-state index in [4.69, 9.17) is 4.74 Å². The van der Waals surface area contributed by atoms with E-state index in [0.717, 1.165) is 25.9 Å². The van der Waals surface area contributed by atoms with Gasteiger partial charge >= 0.3 is 0 Å². The van der Waals surface area contributed by atoms with Crippen LogP contribution in [0.15, 0.2) is 42.5 Å². The lowest BCUT2D eigenvalue weighted by atomic mass is 9.96. The van der Waals surface area contributed by atoms with Crippen molar-refractivity contribution in [3.05, 3.63) is 53.6 Å². The third-order valence-corrected chi connectivity index (χ3v) is 7.02. The number of hydrogen-bond acceptors (Lipinski definition) is 7. The molecule has 0 aromatic heterocycles. The Morgan fingerprint density at radius 2 is 1.97 bits per heavy atom. The number of aliphatic hydroxyl groups excluding tert-OH is 1. The highest BCUT2D eigenvalue weighted by Crippen LogP contribution is 2.30. The highest BCUT2D eigenvalue weighted by Gasteiger charge is 2.30. The number of likely N-dealkylation sites (tertiary alicyclic amines) is 1. The second-order valence-corrected chi connectivity index (χ2v) is 10.8. The minimum atomic E-state index is -1.21. The van der Waals surface area contributed by atoms with Crippen LogP contribution >= 0.6 is 0 Å². The minimum absolute atomic E-state index is 0.253. The first-order valence-corrected chi connectivity index (χ1v) is 13.1. The molecule has 9 heteroatoms. The molecule has 2 atom stereocenters. The summed E-state index contributed by atoms with van der Waals surface area (Å²) < 4.78 is 20.0. The van der Waals surface area contributed by atoms with E-state index in [1.807, 2.05) is 0 Å². The van der Waals surface area contributed by atoms with Crippen LogP contribution in [0.2, 0.25) is 0 Å². The van der Waals surface area contributed by atoms with E-state index in [1.54, 1.807) is 56.3 Å². The summed E-state index contributed by atoms with van der Waals surface area (Å²) >= 11 is 0. The van der Waals surface area contributed by atoms with Crippen LogP contribution in [-0.4, -0.2) is 72.4 Å². The fraction of sp³-hybridized carbons (Fsp3) is 0.483. The van der Waals surface area contributed by atoms with Gasteiger partial charge in [-0.3, -0.25) is 14.9 Å². The Kier molecular flexibility index (Phi) is 8.77. The van der Waals surface area contributed by atoms with Crippen LogP contribution in [0.1, 0.15) is 49.0 Å². The number of alkyl halides is 1. The summed E-state index contributed by atoms with van der Waals surface area (Å²) in [5.74, 6) is -0.221. The molecule has 38 heavy (non-hydrogen) atoms. The summed E-state index contributed by atoms with van der Waals surface area (Å²) in [4.78, 5) is 27.6. The van der Waals surface area contributed by atoms with Gasteiger partial charge in [0.25, 0.3) is 5.91 Å². The van der Waals surface area contributed by atoms with Crippen LogP contribution in [0, 0.1) is 17.2 Å². The highest BCUT2D eigenvalue weighted by atomic mass is 19.1. The van der Waals surface area contributed by atoms with Crippen LogP contribution in [0.25, 0.3) is 11.1 Å². The van der Waals surface area contributed by atoms with E-state index in [0.29, 0.717) is 53.6 Å². The van der Waals surface area contributed by atoms with Crippen LogP contribution in [0.4, 0.5) is 4.39 Å². The first kappa shape index (κ1) is 27.7. The van der Waals surface area contributed by atoms with Crippen molar-refractivity contribution in [1.29, 1.82) is 5.26 Å². The van der Waals surface area contributed by atoms with E-state index >= 15 is 0 Å². The van der Waals surface area contributed by atoms with Gasteiger partial charge in [-0.2, -0.15) is 5.26 Å². The fourth-order valence-electron chi connectivity index (χ4n) is 5.08. The Balaban J connectivity index is 1.40. The van der Waals surface area contributed by atoms with Gasteiger partial charge in [-0.1, -0.05) is 24.3 Å². The molecule has 2 fully saturated rings. The molecule has 2 saturated heterocycles. The second kappa shape index (κ2) is 12.0. The monoisotopic (exact) mass is 522 g/mol. The van der Waals surface area contributed by atoms with Crippen molar-refractivity contribution in [3.63, 3.8) is 0 Å². The number of nitrogens with zero attached hydrogens (tertiary/aromatic N) is 2. The third-order valence-electron chi connectivity index (χ3n) is 7.02. The Labute approximate surface area is 222 Å². The van der Waals surface area contributed by atoms with Gasteiger partial charge in [0.2, 0.25) is 5.91 Å². The molecule has 4 rings (SSSR count). The molecule has 202 valence electrons. The summed E-state index contributed by atoms with van der Waals surface area (Å²) in [5, 5.41) is 24.7. The molecule has 0 spiro atoms. The number of amides is 2. The summed E-state index contributed by atoms with van der Waals surface area (Å²) in [7, 11) is 0. The number of nitrogens with one attached hydrogen (secondary N) is 2. The van der Waals surface area contributed by atoms with Crippen LogP contribution in [0.5, 0.6) is 5.75 Å². The van der Waals surface area contributed by atoms with E-state index in [2.05, 4.69) is 21.6 Å². The number of carbonyl (C=O) groups is 2. The van der Waals surface area contributed by atoms with Crippen molar-refractivity contribution >= 4 is 11.8 Å². The van der Waals surface area contributed by atoms with Gasteiger partial charge in [-0.15, -0.1) is 0 Å². The van der Waals surface area contributed by atoms with Gasteiger partial charge in [0, 0.05) is 18.7 Å². The van der Waals surface area contributed by atoms with E-state index in [1.165, 1.54) is 0 Å².